The van der Waals surface area contributed by atoms with Crippen LogP contribution < -0.4 is 19.5 Å². The predicted molar refractivity (Wildman–Crippen MR) is 132 cm³/mol. The summed E-state index contributed by atoms with van der Waals surface area (Å²) in [5.41, 5.74) is 2.99. The number of methoxy groups -OCH3 is 2. The zero-order valence-electron chi connectivity index (χ0n) is 19.8. The molecule has 1 N–H and O–H groups in total. The third-order valence-corrected chi connectivity index (χ3v) is 6.39. The fourth-order valence-electron chi connectivity index (χ4n) is 4.39. The lowest BCUT2D eigenvalue weighted by molar-refractivity contribution is -0.122. The molecule has 3 aromatic rings. The van der Waals surface area contributed by atoms with Gasteiger partial charge in [-0.2, -0.15) is 0 Å². The molecule has 2 amide bonds. The maximum absolute atomic E-state index is 13.5. The first kappa shape index (κ1) is 22.8. The van der Waals surface area contributed by atoms with E-state index in [0.29, 0.717) is 35.7 Å². The smallest absolute Gasteiger partial charge is 0.265 e. The maximum atomic E-state index is 13.5. The zero-order valence-corrected chi connectivity index (χ0v) is 19.8. The largest absolute Gasteiger partial charge is 0.497 e. The number of carbonyl (C=O) groups is 2. The molecule has 0 saturated heterocycles. The number of ether oxygens (including phenoxy) is 3. The second-order valence-corrected chi connectivity index (χ2v) is 8.83. The Bertz CT molecular complexity index is 1230. The van der Waals surface area contributed by atoms with E-state index in [-0.39, 0.29) is 17.9 Å². The van der Waals surface area contributed by atoms with Gasteiger partial charge in [-0.15, -0.1) is 0 Å². The Morgan fingerprint density at radius 3 is 2.57 bits per heavy atom. The number of hydrogen-bond acceptors (Lipinski definition) is 5. The SMILES string of the molecule is COc1ccc(OC)c(CN(C(=O)c2cccc(NC(=O)C3Cc4ccccc4O3)c2)C2CC2)c1. The molecule has 35 heavy (non-hydrogen) atoms. The summed E-state index contributed by atoms with van der Waals surface area (Å²) in [6, 6.07) is 20.5. The highest BCUT2D eigenvalue weighted by Gasteiger charge is 2.34. The van der Waals surface area contributed by atoms with Gasteiger partial charge < -0.3 is 24.4 Å². The Labute approximate surface area is 204 Å². The molecule has 7 heteroatoms. The Kier molecular flexibility index (Phi) is 6.31. The number of hydrogen-bond donors (Lipinski definition) is 1. The second-order valence-electron chi connectivity index (χ2n) is 8.83. The summed E-state index contributed by atoms with van der Waals surface area (Å²) in [4.78, 5) is 28.2. The van der Waals surface area contributed by atoms with Crippen molar-refractivity contribution in [3.8, 4) is 17.2 Å². The topological polar surface area (TPSA) is 77.1 Å². The van der Waals surface area contributed by atoms with Crippen LogP contribution in [0.1, 0.15) is 34.3 Å². The van der Waals surface area contributed by atoms with Crippen LogP contribution in [0.3, 0.4) is 0 Å². The molecular weight excluding hydrogens is 444 g/mol. The number of nitrogens with zero attached hydrogens (tertiary/aromatic N) is 1. The minimum Gasteiger partial charge on any atom is -0.497 e. The van der Waals surface area contributed by atoms with Crippen molar-refractivity contribution in [2.75, 3.05) is 19.5 Å². The van der Waals surface area contributed by atoms with E-state index >= 15 is 0 Å². The van der Waals surface area contributed by atoms with Crippen molar-refractivity contribution in [3.63, 3.8) is 0 Å². The van der Waals surface area contributed by atoms with Crippen molar-refractivity contribution in [2.24, 2.45) is 0 Å². The van der Waals surface area contributed by atoms with E-state index in [9.17, 15) is 9.59 Å². The van der Waals surface area contributed by atoms with Crippen molar-refractivity contribution in [1.82, 2.24) is 4.90 Å². The van der Waals surface area contributed by atoms with Gasteiger partial charge in [-0.1, -0.05) is 24.3 Å². The van der Waals surface area contributed by atoms with Gasteiger partial charge >= 0.3 is 0 Å². The Hall–Kier alpha value is -4.00. The lowest BCUT2D eigenvalue weighted by Crippen LogP contribution is -2.33. The molecule has 1 saturated carbocycles. The molecule has 1 aliphatic carbocycles. The number of nitrogens with one attached hydrogen (secondary N) is 1. The number of rotatable bonds is 8. The Morgan fingerprint density at radius 1 is 1.00 bits per heavy atom. The van der Waals surface area contributed by atoms with Crippen molar-refractivity contribution in [1.29, 1.82) is 0 Å². The molecule has 180 valence electrons. The first-order chi connectivity index (χ1) is 17.1. The van der Waals surface area contributed by atoms with Crippen LogP contribution in [0.2, 0.25) is 0 Å². The van der Waals surface area contributed by atoms with E-state index in [1.165, 1.54) is 0 Å². The minimum atomic E-state index is -0.588. The second kappa shape index (κ2) is 9.70. The van der Waals surface area contributed by atoms with Gasteiger partial charge in [0.15, 0.2) is 6.10 Å². The molecule has 1 heterocycles. The highest BCUT2D eigenvalue weighted by atomic mass is 16.5. The van der Waals surface area contributed by atoms with Crippen LogP contribution in [0.5, 0.6) is 17.2 Å². The van der Waals surface area contributed by atoms with Crippen molar-refractivity contribution < 1.29 is 23.8 Å². The van der Waals surface area contributed by atoms with Crippen molar-refractivity contribution in [2.45, 2.75) is 38.0 Å². The molecule has 7 nitrogen and oxygen atoms in total. The van der Waals surface area contributed by atoms with Gasteiger partial charge in [-0.05, 0) is 60.9 Å². The molecule has 0 aromatic heterocycles. The average Bonchev–Trinajstić information content (AvgIpc) is 3.63. The van der Waals surface area contributed by atoms with Gasteiger partial charge in [0.25, 0.3) is 11.8 Å². The summed E-state index contributed by atoms with van der Waals surface area (Å²) < 4.78 is 16.7. The van der Waals surface area contributed by atoms with Crippen LogP contribution in [0.4, 0.5) is 5.69 Å². The van der Waals surface area contributed by atoms with Gasteiger partial charge in [0.2, 0.25) is 0 Å². The summed E-state index contributed by atoms with van der Waals surface area (Å²) in [5.74, 6) is 1.85. The van der Waals surface area contributed by atoms with E-state index < -0.39 is 6.10 Å². The number of benzene rings is 3. The highest BCUT2D eigenvalue weighted by molar-refractivity contribution is 5.99. The van der Waals surface area contributed by atoms with E-state index in [2.05, 4.69) is 5.32 Å². The maximum Gasteiger partial charge on any atom is 0.265 e. The fourth-order valence-corrected chi connectivity index (χ4v) is 4.39. The van der Waals surface area contributed by atoms with E-state index in [1.807, 2.05) is 47.4 Å². The number of para-hydroxylation sites is 1. The van der Waals surface area contributed by atoms with Crippen LogP contribution in [-0.2, 0) is 17.8 Å². The lowest BCUT2D eigenvalue weighted by atomic mass is 10.1. The Balaban J connectivity index is 1.31. The quantitative estimate of drug-likeness (QED) is 0.524. The van der Waals surface area contributed by atoms with Crippen LogP contribution >= 0.6 is 0 Å². The lowest BCUT2D eigenvalue weighted by Gasteiger charge is -2.24. The fraction of sp³-hybridized carbons (Fsp3) is 0.286. The predicted octanol–water partition coefficient (Wildman–Crippen LogP) is 4.45. The van der Waals surface area contributed by atoms with Crippen LogP contribution in [0, 0.1) is 0 Å². The number of amides is 2. The van der Waals surface area contributed by atoms with Crippen molar-refractivity contribution >= 4 is 17.5 Å². The van der Waals surface area contributed by atoms with Gasteiger partial charge in [0.05, 0.1) is 20.8 Å². The van der Waals surface area contributed by atoms with E-state index in [4.69, 9.17) is 14.2 Å². The van der Waals surface area contributed by atoms with Gasteiger partial charge in [0.1, 0.15) is 17.2 Å². The summed E-state index contributed by atoms with van der Waals surface area (Å²) in [5, 5.41) is 2.91. The van der Waals surface area contributed by atoms with Crippen LogP contribution in [-0.4, -0.2) is 43.1 Å². The molecule has 3 aromatic carbocycles. The molecule has 0 radical (unpaired) electrons. The normalized spacial score (nSPS) is 16.1. The third kappa shape index (κ3) is 4.94. The molecule has 2 aliphatic rings. The van der Waals surface area contributed by atoms with Crippen LogP contribution in [0.15, 0.2) is 66.7 Å². The van der Waals surface area contributed by atoms with Gasteiger partial charge in [-0.3, -0.25) is 9.59 Å². The Morgan fingerprint density at radius 2 is 1.83 bits per heavy atom. The van der Waals surface area contributed by atoms with Gasteiger partial charge in [0, 0.05) is 29.3 Å². The molecule has 5 rings (SSSR count). The highest BCUT2D eigenvalue weighted by Crippen LogP contribution is 2.33. The molecule has 0 spiro atoms. The standard InChI is InChI=1S/C28H28N2O5/c1-33-23-12-13-24(34-2)20(15-23)17-30(22-10-11-22)28(32)19-7-5-8-21(14-19)29-27(31)26-16-18-6-3-4-9-25(18)35-26/h3-9,12-15,22,26H,10-11,16-17H2,1-2H3,(H,29,31). The molecule has 1 fully saturated rings. The molecule has 1 unspecified atom stereocenters. The third-order valence-electron chi connectivity index (χ3n) is 6.39. The molecule has 1 atom stereocenters. The monoisotopic (exact) mass is 472 g/mol. The summed E-state index contributed by atoms with van der Waals surface area (Å²) >= 11 is 0. The first-order valence-corrected chi connectivity index (χ1v) is 11.7. The zero-order chi connectivity index (χ0) is 24.4. The molecule has 0 bridgehead atoms. The van der Waals surface area contributed by atoms with Crippen molar-refractivity contribution in [3.05, 3.63) is 83.4 Å². The van der Waals surface area contributed by atoms with Crippen LogP contribution in [0.25, 0.3) is 0 Å². The average molecular weight is 473 g/mol. The van der Waals surface area contributed by atoms with E-state index in [0.717, 1.165) is 29.7 Å². The van der Waals surface area contributed by atoms with E-state index in [1.54, 1.807) is 38.5 Å². The number of fused-ring (bicyclic) bond motifs is 1. The molecule has 1 aliphatic heterocycles. The first-order valence-electron chi connectivity index (χ1n) is 11.7. The number of anilines is 1. The summed E-state index contributed by atoms with van der Waals surface area (Å²) in [7, 11) is 3.23. The summed E-state index contributed by atoms with van der Waals surface area (Å²) in [6.45, 7) is 0.411. The minimum absolute atomic E-state index is 0.0852. The number of carbonyl (C=O) groups excluding carboxylic acids is 2. The molecular formula is C28H28N2O5. The van der Waals surface area contributed by atoms with Gasteiger partial charge in [-0.25, -0.2) is 0 Å². The summed E-state index contributed by atoms with van der Waals surface area (Å²) in [6.07, 6.45) is 1.87.